The molecule has 2 atom stereocenters. The van der Waals surface area contributed by atoms with Gasteiger partial charge in [0.25, 0.3) is 0 Å². The Labute approximate surface area is 109 Å². The number of furan rings is 1. The highest BCUT2D eigenvalue weighted by Gasteiger charge is 2.26. The lowest BCUT2D eigenvalue weighted by atomic mass is 9.91. The summed E-state index contributed by atoms with van der Waals surface area (Å²) in [6, 6.07) is 9.29. The van der Waals surface area contributed by atoms with Crippen molar-refractivity contribution in [2.75, 3.05) is 6.54 Å². The first-order chi connectivity index (χ1) is 8.63. The van der Waals surface area contributed by atoms with E-state index in [1.807, 2.05) is 0 Å². The highest BCUT2D eigenvalue weighted by Crippen LogP contribution is 2.33. The summed E-state index contributed by atoms with van der Waals surface area (Å²) in [5.74, 6) is -0.697. The van der Waals surface area contributed by atoms with Crippen LogP contribution < -0.4 is 5.73 Å². The number of halogens is 2. The van der Waals surface area contributed by atoms with Crippen LogP contribution in [0.3, 0.4) is 0 Å². The molecule has 1 aromatic heterocycles. The summed E-state index contributed by atoms with van der Waals surface area (Å²) in [7, 11) is 0. The van der Waals surface area contributed by atoms with Crippen molar-refractivity contribution in [2.45, 2.75) is 12.0 Å². The van der Waals surface area contributed by atoms with Crippen molar-refractivity contribution in [2.24, 2.45) is 5.73 Å². The van der Waals surface area contributed by atoms with Crippen LogP contribution in [0, 0.1) is 5.82 Å². The van der Waals surface area contributed by atoms with Gasteiger partial charge in [-0.25, -0.2) is 4.39 Å². The molecule has 0 aliphatic rings. The lowest BCUT2D eigenvalue weighted by molar-refractivity contribution is 0.120. The van der Waals surface area contributed by atoms with E-state index in [1.54, 1.807) is 24.3 Å². The molecule has 3 nitrogen and oxygen atoms in total. The Morgan fingerprint density at radius 1 is 1.28 bits per heavy atom. The molecule has 0 aliphatic carbocycles. The number of hydrogen-bond acceptors (Lipinski definition) is 3. The molecule has 3 N–H and O–H groups in total. The van der Waals surface area contributed by atoms with E-state index < -0.39 is 17.8 Å². The van der Waals surface area contributed by atoms with Gasteiger partial charge in [-0.15, -0.1) is 0 Å². The van der Waals surface area contributed by atoms with Crippen LogP contribution >= 0.6 is 11.6 Å². The summed E-state index contributed by atoms with van der Waals surface area (Å²) in [5, 5.41) is 10.3. The van der Waals surface area contributed by atoms with Gasteiger partial charge in [0, 0.05) is 12.5 Å². The Morgan fingerprint density at radius 3 is 2.56 bits per heavy atom. The van der Waals surface area contributed by atoms with E-state index in [1.165, 1.54) is 12.1 Å². The average Bonchev–Trinajstić information content (AvgIpc) is 2.79. The van der Waals surface area contributed by atoms with E-state index in [-0.39, 0.29) is 17.5 Å². The van der Waals surface area contributed by atoms with Crippen molar-refractivity contribution in [3.63, 3.8) is 0 Å². The van der Waals surface area contributed by atoms with Gasteiger partial charge in [-0.05, 0) is 35.4 Å². The van der Waals surface area contributed by atoms with Crippen molar-refractivity contribution in [3.8, 4) is 0 Å². The minimum absolute atomic E-state index is 0.0976. The smallest absolute Gasteiger partial charge is 0.193 e. The number of aliphatic hydroxyl groups is 1. The van der Waals surface area contributed by atoms with Gasteiger partial charge >= 0.3 is 0 Å². The summed E-state index contributed by atoms with van der Waals surface area (Å²) >= 11 is 5.65. The molecule has 1 aromatic carbocycles. The van der Waals surface area contributed by atoms with Crippen LogP contribution in [0.5, 0.6) is 0 Å². The van der Waals surface area contributed by atoms with Crippen molar-refractivity contribution in [1.82, 2.24) is 0 Å². The zero-order valence-corrected chi connectivity index (χ0v) is 10.3. The second-order valence-electron chi connectivity index (χ2n) is 3.95. The summed E-state index contributed by atoms with van der Waals surface area (Å²) in [6.07, 6.45) is -1.03. The van der Waals surface area contributed by atoms with Gasteiger partial charge in [0.05, 0.1) is 0 Å². The third-order valence-electron chi connectivity index (χ3n) is 2.83. The van der Waals surface area contributed by atoms with Crippen LogP contribution in [-0.2, 0) is 0 Å². The van der Waals surface area contributed by atoms with E-state index in [0.717, 1.165) is 0 Å². The number of nitrogens with two attached hydrogens (primary N) is 1. The lowest BCUT2D eigenvalue weighted by Gasteiger charge is -2.20. The van der Waals surface area contributed by atoms with Crippen LogP contribution in [0.2, 0.25) is 5.22 Å². The van der Waals surface area contributed by atoms with Crippen LogP contribution in [0.1, 0.15) is 23.3 Å². The quantitative estimate of drug-likeness (QED) is 0.897. The Balaban J connectivity index is 2.32. The summed E-state index contributed by atoms with van der Waals surface area (Å²) in [5.41, 5.74) is 5.98. The van der Waals surface area contributed by atoms with Crippen LogP contribution in [0.4, 0.5) is 4.39 Å². The molecule has 0 saturated heterocycles. The van der Waals surface area contributed by atoms with E-state index in [0.29, 0.717) is 5.56 Å². The van der Waals surface area contributed by atoms with Crippen LogP contribution in [-0.4, -0.2) is 11.7 Å². The van der Waals surface area contributed by atoms with Gasteiger partial charge in [-0.1, -0.05) is 18.2 Å². The average molecular weight is 270 g/mol. The molecule has 0 fully saturated rings. The monoisotopic (exact) mass is 269 g/mol. The van der Waals surface area contributed by atoms with Gasteiger partial charge in [-0.3, -0.25) is 0 Å². The summed E-state index contributed by atoms with van der Waals surface area (Å²) < 4.78 is 18.8. The second-order valence-corrected chi connectivity index (χ2v) is 4.32. The molecular formula is C13H13ClFNO2. The molecule has 1 heterocycles. The maximum atomic E-state index is 13.7. The Kier molecular flexibility index (Phi) is 4.01. The first kappa shape index (κ1) is 13.1. The second kappa shape index (κ2) is 5.52. The van der Waals surface area contributed by atoms with Crippen molar-refractivity contribution < 1.29 is 13.9 Å². The third-order valence-corrected chi connectivity index (χ3v) is 3.03. The number of aliphatic hydroxyl groups excluding tert-OH is 1. The molecule has 0 amide bonds. The molecule has 2 rings (SSSR count). The normalized spacial score (nSPS) is 14.4. The standard InChI is InChI=1S/C13H13ClFNO2/c14-12-6-5-11(18-12)13(17)9(7-16)8-3-1-2-4-10(8)15/h1-6,9,13,17H,7,16H2. The zero-order valence-electron chi connectivity index (χ0n) is 9.51. The summed E-state index contributed by atoms with van der Waals surface area (Å²) in [4.78, 5) is 0. The van der Waals surface area contributed by atoms with Crippen molar-refractivity contribution >= 4 is 11.6 Å². The largest absolute Gasteiger partial charge is 0.447 e. The lowest BCUT2D eigenvalue weighted by Crippen LogP contribution is -2.20. The Bertz CT molecular complexity index is 529. The molecule has 5 heteroatoms. The molecule has 0 aliphatic heterocycles. The number of benzene rings is 1. The SMILES string of the molecule is NCC(c1ccccc1F)C(O)c1ccc(Cl)o1. The molecule has 18 heavy (non-hydrogen) atoms. The molecule has 2 aromatic rings. The predicted octanol–water partition coefficient (Wildman–Crippen LogP) is 2.85. The molecular weight excluding hydrogens is 257 g/mol. The molecule has 0 bridgehead atoms. The highest BCUT2D eigenvalue weighted by molar-refractivity contribution is 6.28. The molecule has 0 saturated carbocycles. The zero-order chi connectivity index (χ0) is 13.1. The number of hydrogen-bond donors (Lipinski definition) is 2. The van der Waals surface area contributed by atoms with E-state index >= 15 is 0 Å². The fraction of sp³-hybridized carbons (Fsp3) is 0.231. The molecule has 0 spiro atoms. The fourth-order valence-electron chi connectivity index (χ4n) is 1.89. The van der Waals surface area contributed by atoms with Crippen LogP contribution in [0.15, 0.2) is 40.8 Å². The first-order valence-electron chi connectivity index (χ1n) is 5.51. The van der Waals surface area contributed by atoms with Gasteiger partial charge in [0.1, 0.15) is 17.7 Å². The van der Waals surface area contributed by atoms with Crippen LogP contribution in [0.25, 0.3) is 0 Å². The van der Waals surface area contributed by atoms with Crippen molar-refractivity contribution in [3.05, 3.63) is 58.8 Å². The highest BCUT2D eigenvalue weighted by atomic mass is 35.5. The van der Waals surface area contributed by atoms with Crippen molar-refractivity contribution in [1.29, 1.82) is 0 Å². The Hall–Kier alpha value is -1.36. The number of rotatable bonds is 4. The maximum absolute atomic E-state index is 13.7. The predicted molar refractivity (Wildman–Crippen MR) is 66.9 cm³/mol. The molecule has 2 unspecified atom stereocenters. The third kappa shape index (κ3) is 2.56. The van der Waals surface area contributed by atoms with E-state index in [4.69, 9.17) is 21.8 Å². The van der Waals surface area contributed by atoms with E-state index in [9.17, 15) is 9.50 Å². The molecule has 96 valence electrons. The van der Waals surface area contributed by atoms with Gasteiger partial charge in [0.15, 0.2) is 5.22 Å². The Morgan fingerprint density at radius 2 is 2.00 bits per heavy atom. The van der Waals surface area contributed by atoms with Gasteiger partial charge in [0.2, 0.25) is 0 Å². The first-order valence-corrected chi connectivity index (χ1v) is 5.89. The van der Waals surface area contributed by atoms with Gasteiger partial charge < -0.3 is 15.3 Å². The fourth-order valence-corrected chi connectivity index (χ4v) is 2.04. The minimum atomic E-state index is -1.03. The molecule has 0 radical (unpaired) electrons. The summed E-state index contributed by atoms with van der Waals surface area (Å²) in [6.45, 7) is 0.0976. The maximum Gasteiger partial charge on any atom is 0.193 e. The van der Waals surface area contributed by atoms with Gasteiger partial charge in [-0.2, -0.15) is 0 Å². The topological polar surface area (TPSA) is 59.4 Å². The minimum Gasteiger partial charge on any atom is -0.447 e. The van der Waals surface area contributed by atoms with E-state index in [2.05, 4.69) is 0 Å².